The number of pyridine rings is 1. The largest absolute Gasteiger partial charge is 0.358 e. The molecule has 0 saturated heterocycles. The van der Waals surface area contributed by atoms with Crippen LogP contribution in [0.2, 0.25) is 0 Å². The minimum Gasteiger partial charge on any atom is -0.358 e. The summed E-state index contributed by atoms with van der Waals surface area (Å²) in [7, 11) is 0. The van der Waals surface area contributed by atoms with E-state index in [0.29, 0.717) is 17.9 Å². The third kappa shape index (κ3) is 5.12. The Hall–Kier alpha value is -2.50. The van der Waals surface area contributed by atoms with Gasteiger partial charge in [-0.3, -0.25) is 9.78 Å². The molecular formula is C16H21N5O. The molecule has 1 amide bonds. The normalized spacial score (nSPS) is 12.5. The maximum absolute atomic E-state index is 12.5. The molecule has 116 valence electrons. The van der Waals surface area contributed by atoms with E-state index in [-0.39, 0.29) is 11.3 Å². The molecular weight excluding hydrogens is 278 g/mol. The van der Waals surface area contributed by atoms with Crippen LogP contribution in [0.3, 0.4) is 0 Å². The Bertz CT molecular complexity index is 595. The van der Waals surface area contributed by atoms with Crippen molar-refractivity contribution in [2.45, 2.75) is 33.2 Å². The van der Waals surface area contributed by atoms with Gasteiger partial charge < -0.3 is 10.6 Å². The van der Waals surface area contributed by atoms with Crippen molar-refractivity contribution in [3.05, 3.63) is 43.1 Å². The summed E-state index contributed by atoms with van der Waals surface area (Å²) < 4.78 is 0. The summed E-state index contributed by atoms with van der Waals surface area (Å²) >= 11 is 0. The molecule has 22 heavy (non-hydrogen) atoms. The third-order valence-electron chi connectivity index (χ3n) is 2.97. The van der Waals surface area contributed by atoms with Crippen molar-refractivity contribution >= 4 is 17.4 Å². The zero-order valence-electron chi connectivity index (χ0n) is 13.1. The lowest BCUT2D eigenvalue weighted by Gasteiger charge is -2.26. The molecule has 2 aromatic rings. The second kappa shape index (κ2) is 6.98. The SMILES string of the molecule is CC(C)(C)CC(Nc1ccncn1)C(=O)Nc1cccnc1. The number of aromatic nitrogens is 3. The molecule has 2 aromatic heterocycles. The minimum absolute atomic E-state index is 0.00300. The highest BCUT2D eigenvalue weighted by Crippen LogP contribution is 2.23. The standard InChI is InChI=1S/C16H21N5O/c1-16(2,3)9-13(21-14-6-8-18-11-19-14)15(22)20-12-5-4-7-17-10-12/h4-8,10-11,13H,9H2,1-3H3,(H,20,22)(H,18,19,21). The minimum atomic E-state index is -0.393. The van der Waals surface area contributed by atoms with Gasteiger partial charge in [-0.15, -0.1) is 0 Å². The van der Waals surface area contributed by atoms with Gasteiger partial charge in [0.1, 0.15) is 18.2 Å². The Kier molecular flexibility index (Phi) is 5.04. The number of hydrogen-bond acceptors (Lipinski definition) is 5. The van der Waals surface area contributed by atoms with E-state index < -0.39 is 6.04 Å². The van der Waals surface area contributed by atoms with Gasteiger partial charge in [-0.25, -0.2) is 9.97 Å². The summed E-state index contributed by atoms with van der Waals surface area (Å²) in [5.41, 5.74) is 0.674. The first-order valence-corrected chi connectivity index (χ1v) is 7.17. The molecule has 0 fully saturated rings. The summed E-state index contributed by atoms with van der Waals surface area (Å²) in [6.45, 7) is 6.29. The van der Waals surface area contributed by atoms with Crippen molar-refractivity contribution in [2.24, 2.45) is 5.41 Å². The molecule has 6 nitrogen and oxygen atoms in total. The van der Waals surface area contributed by atoms with Gasteiger partial charge in [0.15, 0.2) is 0 Å². The first-order valence-electron chi connectivity index (χ1n) is 7.17. The van der Waals surface area contributed by atoms with Gasteiger partial charge in [0.25, 0.3) is 0 Å². The van der Waals surface area contributed by atoms with Gasteiger partial charge in [-0.05, 0) is 30.0 Å². The van der Waals surface area contributed by atoms with E-state index in [0.717, 1.165) is 0 Å². The Morgan fingerprint density at radius 2 is 2.05 bits per heavy atom. The monoisotopic (exact) mass is 299 g/mol. The lowest BCUT2D eigenvalue weighted by molar-refractivity contribution is -0.117. The number of nitrogens with one attached hydrogen (secondary N) is 2. The van der Waals surface area contributed by atoms with Crippen LogP contribution >= 0.6 is 0 Å². The molecule has 0 aromatic carbocycles. The number of hydrogen-bond donors (Lipinski definition) is 2. The van der Waals surface area contributed by atoms with Crippen molar-refractivity contribution in [2.75, 3.05) is 10.6 Å². The number of amides is 1. The van der Waals surface area contributed by atoms with Crippen LogP contribution in [0.25, 0.3) is 0 Å². The molecule has 0 saturated carbocycles. The third-order valence-corrected chi connectivity index (χ3v) is 2.97. The van der Waals surface area contributed by atoms with E-state index in [4.69, 9.17) is 0 Å². The molecule has 1 atom stereocenters. The number of nitrogens with zero attached hydrogens (tertiary/aromatic N) is 3. The van der Waals surface area contributed by atoms with Gasteiger partial charge in [-0.2, -0.15) is 0 Å². The lowest BCUT2D eigenvalue weighted by Crippen LogP contribution is -2.38. The van der Waals surface area contributed by atoms with Crippen molar-refractivity contribution in [1.82, 2.24) is 15.0 Å². The Morgan fingerprint density at radius 1 is 1.23 bits per heavy atom. The highest BCUT2D eigenvalue weighted by molar-refractivity contribution is 5.96. The number of anilines is 2. The van der Waals surface area contributed by atoms with Gasteiger partial charge in [-0.1, -0.05) is 20.8 Å². The molecule has 0 spiro atoms. The fourth-order valence-corrected chi connectivity index (χ4v) is 2.04. The molecule has 0 radical (unpaired) electrons. The highest BCUT2D eigenvalue weighted by Gasteiger charge is 2.25. The van der Waals surface area contributed by atoms with Crippen LogP contribution in [0.15, 0.2) is 43.1 Å². The molecule has 2 heterocycles. The van der Waals surface area contributed by atoms with Gasteiger partial charge in [0, 0.05) is 12.4 Å². The zero-order chi connectivity index (χ0) is 16.0. The topological polar surface area (TPSA) is 79.8 Å². The number of carbonyl (C=O) groups excluding carboxylic acids is 1. The number of rotatable bonds is 5. The summed E-state index contributed by atoms with van der Waals surface area (Å²) in [5, 5.41) is 6.05. The summed E-state index contributed by atoms with van der Waals surface area (Å²) in [4.78, 5) is 24.6. The summed E-state index contributed by atoms with van der Waals surface area (Å²) in [5.74, 6) is 0.520. The smallest absolute Gasteiger partial charge is 0.246 e. The number of carbonyl (C=O) groups is 1. The zero-order valence-corrected chi connectivity index (χ0v) is 13.1. The van der Waals surface area contributed by atoms with Crippen LogP contribution in [0.1, 0.15) is 27.2 Å². The van der Waals surface area contributed by atoms with Crippen molar-refractivity contribution in [1.29, 1.82) is 0 Å². The van der Waals surface area contributed by atoms with Crippen LogP contribution in [0.4, 0.5) is 11.5 Å². The van der Waals surface area contributed by atoms with E-state index in [1.54, 1.807) is 30.7 Å². The summed E-state index contributed by atoms with van der Waals surface area (Å²) in [6, 6.07) is 4.94. The Morgan fingerprint density at radius 3 is 2.64 bits per heavy atom. The first kappa shape index (κ1) is 15.9. The van der Waals surface area contributed by atoms with E-state index in [1.807, 2.05) is 6.07 Å². The second-order valence-corrected chi connectivity index (χ2v) is 6.29. The van der Waals surface area contributed by atoms with Crippen molar-refractivity contribution < 1.29 is 4.79 Å². The molecule has 2 N–H and O–H groups in total. The van der Waals surface area contributed by atoms with E-state index in [1.165, 1.54) is 6.33 Å². The average Bonchev–Trinajstić information content (AvgIpc) is 2.47. The van der Waals surface area contributed by atoms with Crippen LogP contribution in [0.5, 0.6) is 0 Å². The molecule has 0 aliphatic rings. The van der Waals surface area contributed by atoms with E-state index >= 15 is 0 Å². The molecule has 0 bridgehead atoms. The van der Waals surface area contributed by atoms with Crippen LogP contribution in [0, 0.1) is 5.41 Å². The molecule has 0 aliphatic carbocycles. The van der Waals surface area contributed by atoms with Gasteiger partial charge in [0.05, 0.1) is 11.9 Å². The first-order chi connectivity index (χ1) is 10.4. The Labute approximate surface area is 130 Å². The van der Waals surface area contributed by atoms with Gasteiger partial charge >= 0.3 is 0 Å². The van der Waals surface area contributed by atoms with E-state index in [9.17, 15) is 4.79 Å². The highest BCUT2D eigenvalue weighted by atomic mass is 16.2. The molecule has 0 aliphatic heterocycles. The molecule has 2 rings (SSSR count). The second-order valence-electron chi connectivity index (χ2n) is 6.29. The lowest BCUT2D eigenvalue weighted by atomic mass is 9.87. The maximum atomic E-state index is 12.5. The molecule has 6 heteroatoms. The maximum Gasteiger partial charge on any atom is 0.246 e. The van der Waals surface area contributed by atoms with Crippen LogP contribution < -0.4 is 10.6 Å². The van der Waals surface area contributed by atoms with Crippen molar-refractivity contribution in [3.8, 4) is 0 Å². The van der Waals surface area contributed by atoms with Crippen LogP contribution in [-0.2, 0) is 4.79 Å². The van der Waals surface area contributed by atoms with E-state index in [2.05, 4.69) is 46.4 Å². The van der Waals surface area contributed by atoms with Crippen molar-refractivity contribution in [3.63, 3.8) is 0 Å². The summed E-state index contributed by atoms with van der Waals surface area (Å²) in [6.07, 6.45) is 7.05. The molecule has 1 unspecified atom stereocenters. The van der Waals surface area contributed by atoms with Crippen LogP contribution in [-0.4, -0.2) is 26.9 Å². The average molecular weight is 299 g/mol. The predicted molar refractivity (Wildman–Crippen MR) is 86.4 cm³/mol. The quantitative estimate of drug-likeness (QED) is 0.887. The Balaban J connectivity index is 2.11. The van der Waals surface area contributed by atoms with Gasteiger partial charge in [0.2, 0.25) is 5.91 Å². The predicted octanol–water partition coefficient (Wildman–Crippen LogP) is 2.73. The fraction of sp³-hybridized carbons (Fsp3) is 0.375. The fourth-order valence-electron chi connectivity index (χ4n) is 2.04.